The second kappa shape index (κ2) is 11.1. The van der Waals surface area contributed by atoms with Crippen LogP contribution in [0.2, 0.25) is 5.02 Å². The number of sulfone groups is 1. The van der Waals surface area contributed by atoms with Gasteiger partial charge in [-0.15, -0.1) is 0 Å². The molecule has 0 saturated heterocycles. The minimum Gasteiger partial charge on any atom is -0.491 e. The van der Waals surface area contributed by atoms with Crippen molar-refractivity contribution in [1.82, 2.24) is 9.97 Å². The molecular formula is C26H29ClN4O3S. The second-order valence-corrected chi connectivity index (χ2v) is 11.4. The molecule has 1 aromatic heterocycles. The average Bonchev–Trinajstić information content (AvgIpc) is 2.81. The molecule has 3 rings (SSSR count). The van der Waals surface area contributed by atoms with Crippen molar-refractivity contribution in [2.75, 3.05) is 18.2 Å². The molecule has 0 atom stereocenters. The highest BCUT2D eigenvalue weighted by Gasteiger charge is 2.26. The van der Waals surface area contributed by atoms with E-state index in [1.54, 1.807) is 12.3 Å². The number of nitriles is 1. The van der Waals surface area contributed by atoms with E-state index in [0.717, 1.165) is 29.5 Å². The van der Waals surface area contributed by atoms with Crippen molar-refractivity contribution in [3.05, 3.63) is 81.9 Å². The third kappa shape index (κ3) is 6.93. The lowest BCUT2D eigenvalue weighted by molar-refractivity contribution is 0.316. The Morgan fingerprint density at radius 3 is 2.49 bits per heavy atom. The van der Waals surface area contributed by atoms with Crippen LogP contribution in [0.25, 0.3) is 0 Å². The SMILES string of the molecule is CCCOc1c(Cl)cc(C(C)(C)c2ccc(NCc3ccnc(CS(C)(=O)=O)n3)cc2)cc1C#N. The highest BCUT2D eigenvalue weighted by molar-refractivity contribution is 7.89. The third-order valence-corrected chi connectivity index (χ3v) is 6.63. The summed E-state index contributed by atoms with van der Waals surface area (Å²) in [5.41, 5.74) is 3.60. The first kappa shape index (κ1) is 26.5. The summed E-state index contributed by atoms with van der Waals surface area (Å²) in [6.45, 7) is 7.10. The number of ether oxygens (including phenoxy) is 1. The smallest absolute Gasteiger partial charge is 0.155 e. The van der Waals surface area contributed by atoms with Gasteiger partial charge in [-0.05, 0) is 47.9 Å². The zero-order chi connectivity index (χ0) is 25.6. The van der Waals surface area contributed by atoms with Gasteiger partial charge in [0.05, 0.1) is 29.4 Å². The minimum atomic E-state index is -3.20. The molecule has 0 bridgehead atoms. The number of halogens is 1. The van der Waals surface area contributed by atoms with Crippen molar-refractivity contribution < 1.29 is 13.2 Å². The molecule has 0 radical (unpaired) electrons. The molecular weight excluding hydrogens is 484 g/mol. The normalized spacial score (nSPS) is 11.7. The van der Waals surface area contributed by atoms with Gasteiger partial charge < -0.3 is 10.1 Å². The summed E-state index contributed by atoms with van der Waals surface area (Å²) in [6.07, 6.45) is 3.55. The van der Waals surface area contributed by atoms with Crippen LogP contribution in [0.5, 0.6) is 5.75 Å². The fourth-order valence-electron chi connectivity index (χ4n) is 3.60. The van der Waals surface area contributed by atoms with Gasteiger partial charge in [-0.3, -0.25) is 0 Å². The summed E-state index contributed by atoms with van der Waals surface area (Å²) in [4.78, 5) is 8.35. The Kier molecular flexibility index (Phi) is 8.36. The summed E-state index contributed by atoms with van der Waals surface area (Å²) < 4.78 is 28.7. The Morgan fingerprint density at radius 1 is 1.14 bits per heavy atom. The number of benzene rings is 2. The maximum atomic E-state index is 11.5. The Labute approximate surface area is 212 Å². The van der Waals surface area contributed by atoms with E-state index in [-0.39, 0.29) is 11.6 Å². The van der Waals surface area contributed by atoms with Crippen molar-refractivity contribution in [3.8, 4) is 11.8 Å². The van der Waals surface area contributed by atoms with Gasteiger partial charge in [0.2, 0.25) is 0 Å². The lowest BCUT2D eigenvalue weighted by atomic mass is 9.77. The van der Waals surface area contributed by atoms with Crippen LogP contribution in [0.1, 0.15) is 55.4 Å². The maximum absolute atomic E-state index is 11.5. The Morgan fingerprint density at radius 2 is 1.86 bits per heavy atom. The van der Waals surface area contributed by atoms with Crippen LogP contribution in [-0.2, 0) is 27.5 Å². The first-order valence-electron chi connectivity index (χ1n) is 11.2. The van der Waals surface area contributed by atoms with Gasteiger partial charge in [-0.25, -0.2) is 18.4 Å². The van der Waals surface area contributed by atoms with Crippen molar-refractivity contribution >= 4 is 27.1 Å². The number of hydrogen-bond donors (Lipinski definition) is 1. The van der Waals surface area contributed by atoms with Crippen molar-refractivity contribution in [1.29, 1.82) is 5.26 Å². The van der Waals surface area contributed by atoms with Gasteiger partial charge in [-0.2, -0.15) is 5.26 Å². The molecule has 35 heavy (non-hydrogen) atoms. The van der Waals surface area contributed by atoms with Crippen molar-refractivity contribution in [2.24, 2.45) is 0 Å². The fourth-order valence-corrected chi connectivity index (χ4v) is 4.48. The molecule has 9 heteroatoms. The van der Waals surface area contributed by atoms with Gasteiger partial charge >= 0.3 is 0 Å². The third-order valence-electron chi connectivity index (χ3n) is 5.57. The van der Waals surface area contributed by atoms with E-state index in [9.17, 15) is 13.7 Å². The molecule has 0 saturated carbocycles. The summed E-state index contributed by atoms with van der Waals surface area (Å²) in [7, 11) is -3.20. The molecule has 7 nitrogen and oxygen atoms in total. The van der Waals surface area contributed by atoms with E-state index in [2.05, 4.69) is 35.2 Å². The number of aromatic nitrogens is 2. The molecule has 1 heterocycles. The molecule has 1 N–H and O–H groups in total. The highest BCUT2D eigenvalue weighted by atomic mass is 35.5. The second-order valence-electron chi connectivity index (χ2n) is 8.89. The van der Waals surface area contributed by atoms with Gasteiger partial charge in [0, 0.05) is 23.6 Å². The van der Waals surface area contributed by atoms with E-state index in [4.69, 9.17) is 16.3 Å². The van der Waals surface area contributed by atoms with E-state index >= 15 is 0 Å². The van der Waals surface area contributed by atoms with Gasteiger partial charge in [0.1, 0.15) is 17.6 Å². The molecule has 184 valence electrons. The van der Waals surface area contributed by atoms with Gasteiger partial charge in [0.25, 0.3) is 0 Å². The molecule has 0 aliphatic heterocycles. The molecule has 0 fully saturated rings. The van der Waals surface area contributed by atoms with Crippen LogP contribution >= 0.6 is 11.6 Å². The van der Waals surface area contributed by atoms with E-state index in [0.29, 0.717) is 35.2 Å². The van der Waals surface area contributed by atoms with Crippen LogP contribution in [0.15, 0.2) is 48.7 Å². The maximum Gasteiger partial charge on any atom is 0.155 e. The molecule has 0 amide bonds. The summed E-state index contributed by atoms with van der Waals surface area (Å²) in [5, 5.41) is 13.4. The van der Waals surface area contributed by atoms with Crippen LogP contribution in [0, 0.1) is 11.3 Å². The standard InChI is InChI=1S/C26H29ClN4O3S/c1-5-12-34-25-18(15-28)13-20(14-23(25)27)26(2,3)19-6-8-21(9-7-19)30-16-22-10-11-29-24(31-22)17-35(4,32)33/h6-11,13-14,30H,5,12,16-17H2,1-4H3. The van der Waals surface area contributed by atoms with Crippen LogP contribution in [0.4, 0.5) is 5.69 Å². The Hall–Kier alpha value is -3.15. The van der Waals surface area contributed by atoms with Crippen LogP contribution < -0.4 is 10.1 Å². The first-order chi connectivity index (χ1) is 16.5. The minimum absolute atomic E-state index is 0.187. The fraction of sp³-hybridized carbons (Fsp3) is 0.346. The Balaban J connectivity index is 1.75. The number of hydrogen-bond acceptors (Lipinski definition) is 7. The van der Waals surface area contributed by atoms with E-state index in [1.165, 1.54) is 0 Å². The summed E-state index contributed by atoms with van der Waals surface area (Å²) in [6, 6.07) is 15.7. The average molecular weight is 513 g/mol. The molecule has 0 unspecified atom stereocenters. The lowest BCUT2D eigenvalue weighted by Crippen LogP contribution is -2.19. The summed E-state index contributed by atoms with van der Waals surface area (Å²) in [5.74, 6) is 0.526. The first-order valence-corrected chi connectivity index (χ1v) is 13.7. The molecule has 0 aliphatic carbocycles. The van der Waals surface area contributed by atoms with Crippen LogP contribution in [0.3, 0.4) is 0 Å². The molecule has 2 aromatic carbocycles. The van der Waals surface area contributed by atoms with Gasteiger partial charge in [-0.1, -0.05) is 44.5 Å². The lowest BCUT2D eigenvalue weighted by Gasteiger charge is -2.27. The van der Waals surface area contributed by atoms with Crippen molar-refractivity contribution in [2.45, 2.75) is 44.9 Å². The zero-order valence-electron chi connectivity index (χ0n) is 20.3. The van der Waals surface area contributed by atoms with Crippen LogP contribution in [-0.4, -0.2) is 31.2 Å². The quantitative estimate of drug-likeness (QED) is 0.394. The van der Waals surface area contributed by atoms with Crippen molar-refractivity contribution in [3.63, 3.8) is 0 Å². The van der Waals surface area contributed by atoms with E-state index in [1.807, 2.05) is 43.3 Å². The monoisotopic (exact) mass is 512 g/mol. The number of nitrogens with zero attached hydrogens (tertiary/aromatic N) is 3. The zero-order valence-corrected chi connectivity index (χ0v) is 21.9. The predicted octanol–water partition coefficient (Wildman–Crippen LogP) is 5.27. The number of nitrogens with one attached hydrogen (secondary N) is 1. The topological polar surface area (TPSA) is 105 Å². The summed E-state index contributed by atoms with van der Waals surface area (Å²) >= 11 is 6.48. The molecule has 0 aliphatic rings. The number of anilines is 1. The largest absolute Gasteiger partial charge is 0.491 e. The number of rotatable bonds is 10. The predicted molar refractivity (Wildman–Crippen MR) is 138 cm³/mol. The van der Waals surface area contributed by atoms with E-state index < -0.39 is 15.3 Å². The molecule has 0 spiro atoms. The molecule has 3 aromatic rings. The Bertz CT molecular complexity index is 1330. The highest BCUT2D eigenvalue weighted by Crippen LogP contribution is 2.38. The van der Waals surface area contributed by atoms with Gasteiger partial charge in [0.15, 0.2) is 15.6 Å².